The number of aliphatic hydroxyl groups excluding tert-OH is 1. The summed E-state index contributed by atoms with van der Waals surface area (Å²) in [5.74, 6) is -1.23. The monoisotopic (exact) mass is 357 g/mol. The molecule has 0 aliphatic rings. The highest BCUT2D eigenvalue weighted by Gasteiger charge is 2.17. The first-order valence-electron chi connectivity index (χ1n) is 7.39. The molecule has 10 nitrogen and oxygen atoms in total. The second-order valence-corrected chi connectivity index (χ2v) is 5.42. The summed E-state index contributed by atoms with van der Waals surface area (Å²) >= 11 is 0. The van der Waals surface area contributed by atoms with E-state index in [0.717, 1.165) is 0 Å². The molecule has 0 aliphatic carbocycles. The fourth-order valence-corrected chi connectivity index (χ4v) is 2.28. The van der Waals surface area contributed by atoms with E-state index >= 15 is 0 Å². The average molecular weight is 357 g/mol. The van der Waals surface area contributed by atoms with Crippen molar-refractivity contribution in [2.75, 3.05) is 12.3 Å². The van der Waals surface area contributed by atoms with Gasteiger partial charge in [-0.1, -0.05) is 18.7 Å². The van der Waals surface area contributed by atoms with Crippen LogP contribution in [0.2, 0.25) is 0 Å². The zero-order valence-corrected chi connectivity index (χ0v) is 13.5. The third-order valence-electron chi connectivity index (χ3n) is 3.49. The molecule has 10 heteroatoms. The van der Waals surface area contributed by atoms with Crippen LogP contribution in [-0.2, 0) is 6.54 Å². The standard InChI is InChI=1S/C16H15N5O5/c1-8(22)7-26-15-19-12(17)11-13(20-15)21(16(25)18-11)6-9-2-4-10(5-3-9)14(23)24/h2-5,22H,1,6-7H2,(H,18,25)(H,23,24)(H2,17,19,20). The van der Waals surface area contributed by atoms with Crippen LogP contribution in [0.1, 0.15) is 15.9 Å². The third kappa shape index (κ3) is 3.34. The van der Waals surface area contributed by atoms with Crippen LogP contribution in [0.3, 0.4) is 0 Å². The van der Waals surface area contributed by atoms with Gasteiger partial charge >= 0.3 is 12.0 Å². The highest BCUT2D eigenvalue weighted by molar-refractivity contribution is 5.87. The second-order valence-electron chi connectivity index (χ2n) is 5.42. The van der Waals surface area contributed by atoms with Gasteiger partial charge in [-0.2, -0.15) is 15.0 Å². The predicted molar refractivity (Wildman–Crippen MR) is 91.2 cm³/mol. The van der Waals surface area contributed by atoms with E-state index in [1.807, 2.05) is 0 Å². The molecule has 2 heterocycles. The number of benzene rings is 1. The van der Waals surface area contributed by atoms with E-state index in [2.05, 4.69) is 21.5 Å². The number of nitrogens with zero attached hydrogens (tertiary/aromatic N) is 4. The molecule has 3 rings (SSSR count). The van der Waals surface area contributed by atoms with Crippen LogP contribution in [0.5, 0.6) is 12.0 Å². The number of ether oxygens (including phenoxy) is 1. The van der Waals surface area contributed by atoms with Crippen LogP contribution in [0.25, 0.3) is 11.2 Å². The quantitative estimate of drug-likeness (QED) is 0.477. The highest BCUT2D eigenvalue weighted by Crippen LogP contribution is 2.25. The maximum Gasteiger partial charge on any atom is 0.335 e. The number of carbonyl (C=O) groups is 1. The van der Waals surface area contributed by atoms with Gasteiger partial charge < -0.3 is 25.8 Å². The molecule has 0 aliphatic heterocycles. The van der Waals surface area contributed by atoms with Crippen LogP contribution in [-0.4, -0.2) is 47.4 Å². The normalized spacial score (nSPS) is 10.8. The van der Waals surface area contributed by atoms with Crippen molar-refractivity contribution in [3.63, 3.8) is 0 Å². The Morgan fingerprint density at radius 3 is 2.50 bits per heavy atom. The molecule has 1 aromatic carbocycles. The summed E-state index contributed by atoms with van der Waals surface area (Å²) in [4.78, 5) is 22.9. The molecule has 0 saturated heterocycles. The van der Waals surface area contributed by atoms with Crippen molar-refractivity contribution < 1.29 is 24.9 Å². The Labute approximate surface area is 146 Å². The summed E-state index contributed by atoms with van der Waals surface area (Å²) in [6, 6.07) is 5.72. The lowest BCUT2D eigenvalue weighted by Crippen LogP contribution is -2.07. The van der Waals surface area contributed by atoms with E-state index in [-0.39, 0.29) is 53.5 Å². The number of aromatic hydroxyl groups is 1. The van der Waals surface area contributed by atoms with Crippen molar-refractivity contribution >= 4 is 23.0 Å². The molecule has 0 radical (unpaired) electrons. The van der Waals surface area contributed by atoms with Gasteiger partial charge in [0.05, 0.1) is 12.1 Å². The van der Waals surface area contributed by atoms with Crippen molar-refractivity contribution in [1.29, 1.82) is 0 Å². The second kappa shape index (κ2) is 6.59. The lowest BCUT2D eigenvalue weighted by molar-refractivity contribution is 0.0697. The smallest absolute Gasteiger partial charge is 0.335 e. The lowest BCUT2D eigenvalue weighted by atomic mass is 10.1. The first kappa shape index (κ1) is 17.0. The van der Waals surface area contributed by atoms with Crippen molar-refractivity contribution in [2.24, 2.45) is 0 Å². The topological polar surface area (TPSA) is 157 Å². The summed E-state index contributed by atoms with van der Waals surface area (Å²) in [5, 5.41) is 28.2. The molecule has 0 amide bonds. The van der Waals surface area contributed by atoms with Gasteiger partial charge in [-0.05, 0) is 17.7 Å². The molecule has 3 aromatic rings. The molecule has 0 unspecified atom stereocenters. The molecule has 0 spiro atoms. The van der Waals surface area contributed by atoms with Gasteiger partial charge in [-0.3, -0.25) is 4.57 Å². The summed E-state index contributed by atoms with van der Waals surface area (Å²) in [7, 11) is 0. The van der Waals surface area contributed by atoms with Crippen LogP contribution in [0.4, 0.5) is 5.82 Å². The number of rotatable bonds is 6. The Morgan fingerprint density at radius 2 is 1.88 bits per heavy atom. The van der Waals surface area contributed by atoms with Crippen molar-refractivity contribution in [3.05, 3.63) is 47.7 Å². The number of carboxylic acid groups (broad SMARTS) is 1. The summed E-state index contributed by atoms with van der Waals surface area (Å²) in [6.07, 6.45) is 0. The number of hydrogen-bond donors (Lipinski definition) is 4. The minimum Gasteiger partial charge on any atom is -0.509 e. The van der Waals surface area contributed by atoms with Gasteiger partial charge in [0.25, 0.3) is 6.01 Å². The Hall–Kier alpha value is -3.82. The molecule has 0 bridgehead atoms. The van der Waals surface area contributed by atoms with Crippen LogP contribution >= 0.6 is 0 Å². The molecule has 0 saturated carbocycles. The van der Waals surface area contributed by atoms with E-state index in [1.54, 1.807) is 12.1 Å². The SMILES string of the molecule is C=C(O)COc1nc(N)c2nc(O)n(Cc3ccc(C(=O)O)cc3)c2n1. The minimum atomic E-state index is -1.03. The Balaban J connectivity index is 1.97. The van der Waals surface area contributed by atoms with Crippen molar-refractivity contribution in [2.45, 2.75) is 6.54 Å². The number of carboxylic acids is 1. The molecular weight excluding hydrogens is 342 g/mol. The van der Waals surface area contributed by atoms with Crippen LogP contribution in [0, 0.1) is 0 Å². The number of imidazole rings is 1. The van der Waals surface area contributed by atoms with Gasteiger partial charge in [0.15, 0.2) is 17.0 Å². The molecule has 134 valence electrons. The fourth-order valence-electron chi connectivity index (χ4n) is 2.28. The molecule has 5 N–H and O–H groups in total. The third-order valence-corrected chi connectivity index (χ3v) is 3.49. The molecule has 0 fully saturated rings. The van der Waals surface area contributed by atoms with Crippen molar-refractivity contribution in [3.8, 4) is 12.0 Å². The van der Waals surface area contributed by atoms with Gasteiger partial charge in [-0.25, -0.2) is 4.79 Å². The molecular formula is C16H15N5O5. The van der Waals surface area contributed by atoms with Crippen LogP contribution < -0.4 is 10.5 Å². The Kier molecular flexibility index (Phi) is 4.31. The summed E-state index contributed by atoms with van der Waals surface area (Å²) < 4.78 is 6.55. The number of hydrogen-bond acceptors (Lipinski definition) is 8. The number of aromatic carboxylic acids is 1. The number of fused-ring (bicyclic) bond motifs is 1. The number of nitrogens with two attached hydrogens (primary N) is 1. The van der Waals surface area contributed by atoms with Crippen LogP contribution in [0.15, 0.2) is 36.6 Å². The Morgan fingerprint density at radius 1 is 1.19 bits per heavy atom. The van der Waals surface area contributed by atoms with Gasteiger partial charge in [0.1, 0.15) is 12.4 Å². The fraction of sp³-hybridized carbons (Fsp3) is 0.125. The molecule has 26 heavy (non-hydrogen) atoms. The van der Waals surface area contributed by atoms with E-state index in [9.17, 15) is 9.90 Å². The zero-order valence-electron chi connectivity index (χ0n) is 13.5. The van der Waals surface area contributed by atoms with E-state index in [4.69, 9.17) is 20.7 Å². The molecule has 0 atom stereocenters. The number of anilines is 1. The first-order valence-corrected chi connectivity index (χ1v) is 7.39. The van der Waals surface area contributed by atoms with Gasteiger partial charge in [0.2, 0.25) is 0 Å². The minimum absolute atomic E-state index is 0.00354. The van der Waals surface area contributed by atoms with E-state index in [0.29, 0.717) is 5.56 Å². The van der Waals surface area contributed by atoms with E-state index < -0.39 is 5.97 Å². The van der Waals surface area contributed by atoms with Gasteiger partial charge in [-0.15, -0.1) is 0 Å². The number of aromatic nitrogens is 4. The summed E-state index contributed by atoms with van der Waals surface area (Å²) in [6.45, 7) is 3.26. The molecule has 2 aromatic heterocycles. The highest BCUT2D eigenvalue weighted by atomic mass is 16.5. The summed E-state index contributed by atoms with van der Waals surface area (Å²) in [5.41, 5.74) is 7.12. The predicted octanol–water partition coefficient (Wildman–Crippen LogP) is 1.31. The number of aliphatic hydroxyl groups is 1. The maximum atomic E-state index is 10.9. The van der Waals surface area contributed by atoms with E-state index in [1.165, 1.54) is 16.7 Å². The van der Waals surface area contributed by atoms with Gasteiger partial charge in [0, 0.05) is 0 Å². The number of nitrogen functional groups attached to an aromatic ring is 1. The first-order chi connectivity index (χ1) is 12.3. The Bertz CT molecular complexity index is 996. The average Bonchev–Trinajstić information content (AvgIpc) is 2.90. The zero-order chi connectivity index (χ0) is 18.8. The largest absolute Gasteiger partial charge is 0.509 e. The maximum absolute atomic E-state index is 10.9. The lowest BCUT2D eigenvalue weighted by Gasteiger charge is -2.07. The van der Waals surface area contributed by atoms with Crippen molar-refractivity contribution in [1.82, 2.24) is 19.5 Å².